The Kier molecular flexibility index (Phi) is 5.56. The number of nitrogens with one attached hydrogen (secondary N) is 1. The van der Waals surface area contributed by atoms with Crippen LogP contribution >= 0.6 is 12.2 Å². The van der Waals surface area contributed by atoms with Crippen LogP contribution in [-0.4, -0.2) is 28.8 Å². The van der Waals surface area contributed by atoms with Gasteiger partial charge in [-0.2, -0.15) is 0 Å². The van der Waals surface area contributed by atoms with Gasteiger partial charge in [0.15, 0.2) is 5.11 Å². The summed E-state index contributed by atoms with van der Waals surface area (Å²) < 4.78 is 15.8. The molecule has 1 N–H and O–H groups in total. The van der Waals surface area contributed by atoms with E-state index in [1.54, 1.807) is 18.3 Å². The number of nitrogens with zero attached hydrogens (tertiary/aromatic N) is 4. The summed E-state index contributed by atoms with van der Waals surface area (Å²) in [5.41, 5.74) is 4.96. The van der Waals surface area contributed by atoms with E-state index < -0.39 is 0 Å². The molecule has 1 aliphatic heterocycles. The molecule has 0 aliphatic carbocycles. The van der Waals surface area contributed by atoms with Gasteiger partial charge < -0.3 is 19.7 Å². The molecule has 3 heterocycles. The van der Waals surface area contributed by atoms with Gasteiger partial charge in [-0.05, 0) is 85.0 Å². The largest absolute Gasteiger partial charge is 0.378 e. The maximum Gasteiger partial charge on any atom is 0.174 e. The van der Waals surface area contributed by atoms with Crippen LogP contribution in [0.25, 0.3) is 5.69 Å². The van der Waals surface area contributed by atoms with Crippen molar-refractivity contribution in [3.8, 4) is 5.69 Å². The molecule has 0 radical (unpaired) electrons. The Labute approximate surface area is 198 Å². The number of hydrogen-bond acceptors (Lipinski definition) is 3. The average molecular weight is 458 g/mol. The molecule has 33 heavy (non-hydrogen) atoms. The van der Waals surface area contributed by atoms with Crippen molar-refractivity contribution in [3.05, 3.63) is 108 Å². The van der Waals surface area contributed by atoms with E-state index in [2.05, 4.69) is 56.3 Å². The maximum atomic E-state index is 13.7. The molecular formula is C26H24FN5S. The molecule has 1 fully saturated rings. The summed E-state index contributed by atoms with van der Waals surface area (Å²) in [5, 5.41) is 4.04. The van der Waals surface area contributed by atoms with Gasteiger partial charge in [0, 0.05) is 49.2 Å². The molecule has 2 aromatic heterocycles. The third kappa shape index (κ3) is 3.96. The van der Waals surface area contributed by atoms with Crippen LogP contribution in [0.5, 0.6) is 0 Å². The van der Waals surface area contributed by atoms with Crippen LogP contribution in [0, 0.1) is 5.82 Å². The topological polar surface area (TPSA) is 36.3 Å². The van der Waals surface area contributed by atoms with Gasteiger partial charge in [-0.15, -0.1) is 0 Å². The van der Waals surface area contributed by atoms with E-state index in [-0.39, 0.29) is 17.9 Å². The van der Waals surface area contributed by atoms with E-state index in [0.29, 0.717) is 5.11 Å². The molecule has 4 aromatic rings. The highest BCUT2D eigenvalue weighted by atomic mass is 32.1. The molecular weight excluding hydrogens is 433 g/mol. The fourth-order valence-electron chi connectivity index (χ4n) is 4.32. The number of pyridine rings is 1. The van der Waals surface area contributed by atoms with Gasteiger partial charge in [0.2, 0.25) is 0 Å². The summed E-state index contributed by atoms with van der Waals surface area (Å²) in [6.07, 6.45) is 3.84. The van der Waals surface area contributed by atoms with Crippen LogP contribution in [0.1, 0.15) is 23.5 Å². The summed E-state index contributed by atoms with van der Waals surface area (Å²) in [4.78, 5) is 8.73. The van der Waals surface area contributed by atoms with Crippen LogP contribution in [-0.2, 0) is 0 Å². The van der Waals surface area contributed by atoms with Crippen molar-refractivity contribution in [2.24, 2.45) is 0 Å². The zero-order valence-corrected chi connectivity index (χ0v) is 19.2. The normalized spacial score (nSPS) is 17.8. The lowest BCUT2D eigenvalue weighted by Crippen LogP contribution is -2.30. The molecule has 7 heteroatoms. The third-order valence-electron chi connectivity index (χ3n) is 5.93. The molecule has 5 rings (SSSR count). The minimum Gasteiger partial charge on any atom is -0.378 e. The van der Waals surface area contributed by atoms with E-state index >= 15 is 0 Å². The zero-order valence-electron chi connectivity index (χ0n) is 18.4. The van der Waals surface area contributed by atoms with Gasteiger partial charge in [-0.25, -0.2) is 4.39 Å². The Bertz CT molecular complexity index is 1250. The third-order valence-corrected chi connectivity index (χ3v) is 6.25. The number of rotatable bonds is 5. The maximum absolute atomic E-state index is 13.7. The number of benzene rings is 2. The summed E-state index contributed by atoms with van der Waals surface area (Å²) in [5.74, 6) is -0.279. The first-order chi connectivity index (χ1) is 16.0. The number of halogens is 1. The average Bonchev–Trinajstić information content (AvgIpc) is 3.44. The van der Waals surface area contributed by atoms with E-state index in [0.717, 1.165) is 28.5 Å². The Balaban J connectivity index is 1.63. The second kappa shape index (κ2) is 8.67. The van der Waals surface area contributed by atoms with Crippen LogP contribution < -0.4 is 15.1 Å². The van der Waals surface area contributed by atoms with Crippen molar-refractivity contribution in [2.75, 3.05) is 23.9 Å². The van der Waals surface area contributed by atoms with Crippen molar-refractivity contribution in [1.82, 2.24) is 14.9 Å². The van der Waals surface area contributed by atoms with Crippen molar-refractivity contribution in [2.45, 2.75) is 12.1 Å². The van der Waals surface area contributed by atoms with Crippen LogP contribution in [0.2, 0.25) is 0 Å². The Morgan fingerprint density at radius 3 is 2.30 bits per heavy atom. The van der Waals surface area contributed by atoms with Crippen LogP contribution in [0.15, 0.2) is 91.3 Å². The fourth-order valence-corrected chi connectivity index (χ4v) is 4.66. The summed E-state index contributed by atoms with van der Waals surface area (Å²) in [7, 11) is 4.05. The summed E-state index contributed by atoms with van der Waals surface area (Å²) in [6, 6.07) is 24.5. The fraction of sp³-hybridized carbons (Fsp3) is 0.154. The van der Waals surface area contributed by atoms with E-state index in [1.807, 2.05) is 43.3 Å². The molecule has 166 valence electrons. The first-order valence-corrected chi connectivity index (χ1v) is 11.1. The quantitative estimate of drug-likeness (QED) is 0.414. The molecule has 0 bridgehead atoms. The van der Waals surface area contributed by atoms with Crippen molar-refractivity contribution in [3.63, 3.8) is 0 Å². The van der Waals surface area contributed by atoms with Crippen molar-refractivity contribution < 1.29 is 4.39 Å². The lowest BCUT2D eigenvalue weighted by atomic mass is 10.0. The van der Waals surface area contributed by atoms with Gasteiger partial charge >= 0.3 is 0 Å². The lowest BCUT2D eigenvalue weighted by Gasteiger charge is -2.29. The highest BCUT2D eigenvalue weighted by molar-refractivity contribution is 7.80. The van der Waals surface area contributed by atoms with Gasteiger partial charge in [0.05, 0.1) is 11.7 Å². The van der Waals surface area contributed by atoms with Gasteiger partial charge in [-0.1, -0.05) is 6.07 Å². The van der Waals surface area contributed by atoms with E-state index in [1.165, 1.54) is 12.1 Å². The monoisotopic (exact) mass is 457 g/mol. The Morgan fingerprint density at radius 1 is 0.909 bits per heavy atom. The first-order valence-electron chi connectivity index (χ1n) is 10.7. The Hall–Kier alpha value is -3.71. The molecule has 2 aromatic carbocycles. The molecule has 1 aliphatic rings. The molecule has 2 atom stereocenters. The van der Waals surface area contributed by atoms with Gasteiger partial charge in [0.1, 0.15) is 11.9 Å². The molecule has 0 spiro atoms. The minimum absolute atomic E-state index is 0.168. The second-order valence-electron chi connectivity index (χ2n) is 8.19. The molecule has 0 unspecified atom stereocenters. The highest BCUT2D eigenvalue weighted by Crippen LogP contribution is 2.42. The number of hydrogen-bond donors (Lipinski definition) is 1. The zero-order chi connectivity index (χ0) is 22.9. The predicted octanol–water partition coefficient (Wildman–Crippen LogP) is 5.25. The summed E-state index contributed by atoms with van der Waals surface area (Å²) in [6.45, 7) is 0. The minimum atomic E-state index is -0.279. The molecule has 0 saturated carbocycles. The standard InChI is InChI=1S/C26H24FN5S/c1-30(2)19-12-14-20(15-13-19)31-17-5-7-23(31)25-24(22-6-3-4-16-28-22)29-26(33)32(25)21-10-8-18(27)9-11-21/h3-17,24-25H,1-2H3,(H,29,33)/t24-,25+/m1/s1. The van der Waals surface area contributed by atoms with E-state index in [4.69, 9.17) is 12.2 Å². The molecule has 1 saturated heterocycles. The molecule has 0 amide bonds. The van der Waals surface area contributed by atoms with Crippen molar-refractivity contribution in [1.29, 1.82) is 0 Å². The van der Waals surface area contributed by atoms with Gasteiger partial charge in [-0.3, -0.25) is 4.98 Å². The first kappa shape index (κ1) is 21.2. The smallest absolute Gasteiger partial charge is 0.174 e. The van der Waals surface area contributed by atoms with E-state index in [9.17, 15) is 4.39 Å². The van der Waals surface area contributed by atoms with Crippen molar-refractivity contribution >= 4 is 28.7 Å². The highest BCUT2D eigenvalue weighted by Gasteiger charge is 2.42. The SMILES string of the molecule is CN(C)c1ccc(-n2cccc2[C@H]2[C@@H](c3ccccn3)NC(=S)N2c2ccc(F)cc2)cc1. The van der Waals surface area contributed by atoms with Crippen LogP contribution in [0.4, 0.5) is 15.8 Å². The molecule has 5 nitrogen and oxygen atoms in total. The Morgan fingerprint density at radius 2 is 1.64 bits per heavy atom. The second-order valence-corrected chi connectivity index (χ2v) is 8.57. The number of anilines is 2. The van der Waals surface area contributed by atoms with Crippen LogP contribution in [0.3, 0.4) is 0 Å². The lowest BCUT2D eigenvalue weighted by molar-refractivity contribution is 0.549. The summed E-state index contributed by atoms with van der Waals surface area (Å²) >= 11 is 5.77. The predicted molar refractivity (Wildman–Crippen MR) is 134 cm³/mol. The number of aromatic nitrogens is 2. The van der Waals surface area contributed by atoms with Gasteiger partial charge in [0.25, 0.3) is 0 Å². The number of thiocarbonyl (C=S) groups is 1.